The van der Waals surface area contributed by atoms with Crippen molar-refractivity contribution in [3.8, 4) is 17.2 Å². The molecule has 2 aromatic rings. The highest BCUT2D eigenvalue weighted by atomic mass is 16.5. The maximum absolute atomic E-state index is 13.0. The highest BCUT2D eigenvalue weighted by Gasteiger charge is 2.19. The third-order valence-electron chi connectivity index (χ3n) is 6.75. The van der Waals surface area contributed by atoms with Crippen molar-refractivity contribution in [1.29, 1.82) is 0 Å². The Bertz CT molecular complexity index is 994. The summed E-state index contributed by atoms with van der Waals surface area (Å²) in [5.41, 5.74) is 0.817. The Kier molecular flexibility index (Phi) is 15.5. The number of rotatable bonds is 19. The number of anilines is 2. The van der Waals surface area contributed by atoms with E-state index in [0.717, 1.165) is 12.8 Å². The number of phenols is 1. The Morgan fingerprint density at radius 3 is 1.95 bits per heavy atom. The van der Waals surface area contributed by atoms with Crippen LogP contribution in [0.4, 0.5) is 16.2 Å². The summed E-state index contributed by atoms with van der Waals surface area (Å²) >= 11 is 0. The van der Waals surface area contributed by atoms with Crippen molar-refractivity contribution in [3.05, 3.63) is 42.5 Å². The van der Waals surface area contributed by atoms with Gasteiger partial charge in [0, 0.05) is 20.0 Å². The third kappa shape index (κ3) is 12.9. The van der Waals surface area contributed by atoms with Gasteiger partial charge in [-0.05, 0) is 30.7 Å². The molecule has 7 heteroatoms. The number of carbonyl (C=O) groups is 2. The summed E-state index contributed by atoms with van der Waals surface area (Å²) in [6.07, 6.45) is 18.3. The molecule has 2 rings (SSSR count). The number of phenolic OH excluding ortho intramolecular Hbond substituents is 1. The number of nitrogens with one attached hydrogen (secondary N) is 1. The Balaban J connectivity index is 1.68. The largest absolute Gasteiger partial charge is 0.508 e. The van der Waals surface area contributed by atoms with Crippen LogP contribution in [-0.2, 0) is 4.79 Å². The number of urea groups is 1. The lowest BCUT2D eigenvalue weighted by Gasteiger charge is -2.21. The minimum absolute atomic E-state index is 0.0440. The number of carbonyl (C=O) groups excluding carboxylic acids is 2. The van der Waals surface area contributed by atoms with Crippen LogP contribution in [0.25, 0.3) is 0 Å². The second-order valence-corrected chi connectivity index (χ2v) is 10.2. The summed E-state index contributed by atoms with van der Waals surface area (Å²) in [6, 6.07) is 11.1. The van der Waals surface area contributed by atoms with E-state index in [4.69, 9.17) is 9.47 Å². The lowest BCUT2D eigenvalue weighted by molar-refractivity contribution is -0.131. The van der Waals surface area contributed by atoms with Crippen molar-refractivity contribution >= 4 is 23.4 Å². The fourth-order valence-corrected chi connectivity index (χ4v) is 4.49. The van der Waals surface area contributed by atoms with Crippen LogP contribution in [-0.4, -0.2) is 30.8 Å². The monoisotopic (exact) mass is 540 g/mol. The van der Waals surface area contributed by atoms with Gasteiger partial charge >= 0.3 is 12.0 Å². The molecule has 0 radical (unpaired) electrons. The molecular weight excluding hydrogens is 492 g/mol. The first kappa shape index (κ1) is 32.0. The van der Waals surface area contributed by atoms with Crippen molar-refractivity contribution in [2.45, 2.75) is 104 Å². The molecule has 0 atom stereocenters. The van der Waals surface area contributed by atoms with Gasteiger partial charge in [-0.3, -0.25) is 9.69 Å². The molecule has 0 heterocycles. The normalized spacial score (nSPS) is 10.7. The molecular formula is C32H48N2O5. The zero-order chi connectivity index (χ0) is 28.3. The van der Waals surface area contributed by atoms with Gasteiger partial charge in [0.05, 0.1) is 18.0 Å². The molecule has 0 aliphatic heterocycles. The zero-order valence-electron chi connectivity index (χ0n) is 24.2. The number of unbranched alkanes of at least 4 members (excludes halogenated alkanes) is 13. The molecule has 0 saturated carbocycles. The van der Waals surface area contributed by atoms with Crippen LogP contribution in [0, 0.1) is 0 Å². The van der Waals surface area contributed by atoms with Gasteiger partial charge < -0.3 is 19.9 Å². The van der Waals surface area contributed by atoms with Crippen LogP contribution in [0.2, 0.25) is 0 Å². The number of hydrogen-bond donors (Lipinski definition) is 2. The van der Waals surface area contributed by atoms with Gasteiger partial charge in [0.2, 0.25) is 0 Å². The minimum Gasteiger partial charge on any atom is -0.508 e. The van der Waals surface area contributed by atoms with E-state index >= 15 is 0 Å². The molecule has 0 aromatic heterocycles. The summed E-state index contributed by atoms with van der Waals surface area (Å²) in [5.74, 6) is 0.223. The van der Waals surface area contributed by atoms with Gasteiger partial charge in [-0.2, -0.15) is 0 Å². The fraction of sp³-hybridized carbons (Fsp3) is 0.562. The first-order valence-corrected chi connectivity index (χ1v) is 14.7. The van der Waals surface area contributed by atoms with E-state index in [1.54, 1.807) is 6.07 Å². The number of hydrogen-bond acceptors (Lipinski definition) is 5. The molecule has 0 saturated heterocycles. The van der Waals surface area contributed by atoms with Crippen molar-refractivity contribution < 1.29 is 24.2 Å². The lowest BCUT2D eigenvalue weighted by Crippen LogP contribution is -2.31. The van der Waals surface area contributed by atoms with Crippen molar-refractivity contribution in [3.63, 3.8) is 0 Å². The highest BCUT2D eigenvalue weighted by Crippen LogP contribution is 2.33. The molecule has 2 amide bonds. The zero-order valence-corrected chi connectivity index (χ0v) is 24.2. The van der Waals surface area contributed by atoms with Crippen LogP contribution in [0.3, 0.4) is 0 Å². The minimum atomic E-state index is -0.516. The van der Waals surface area contributed by atoms with Gasteiger partial charge in [0.15, 0.2) is 5.75 Å². The summed E-state index contributed by atoms with van der Waals surface area (Å²) in [7, 11) is 1.54. The molecule has 0 aliphatic rings. The molecule has 216 valence electrons. The maximum atomic E-state index is 13.0. The number of para-hydroxylation sites is 2. The van der Waals surface area contributed by atoms with E-state index in [1.807, 2.05) is 18.2 Å². The lowest BCUT2D eigenvalue weighted by atomic mass is 10.0. The van der Waals surface area contributed by atoms with E-state index < -0.39 is 12.0 Å². The van der Waals surface area contributed by atoms with Crippen LogP contribution < -0.4 is 19.7 Å². The van der Waals surface area contributed by atoms with E-state index in [1.165, 1.54) is 114 Å². The summed E-state index contributed by atoms with van der Waals surface area (Å²) in [5, 5.41) is 12.7. The number of nitrogens with zero attached hydrogens (tertiary/aromatic N) is 1. The number of aromatic hydroxyl groups is 1. The summed E-state index contributed by atoms with van der Waals surface area (Å²) < 4.78 is 11.2. The molecule has 2 N–H and O–H groups in total. The number of ether oxygens (including phenoxy) is 2. The second kappa shape index (κ2) is 18.9. The average Bonchev–Trinajstić information content (AvgIpc) is 2.92. The number of benzene rings is 2. The topological polar surface area (TPSA) is 88.1 Å². The molecule has 0 bridgehead atoms. The molecule has 7 nitrogen and oxygen atoms in total. The highest BCUT2D eigenvalue weighted by molar-refractivity contribution is 6.03. The van der Waals surface area contributed by atoms with Crippen LogP contribution in [0.1, 0.15) is 104 Å². The smallest absolute Gasteiger partial charge is 0.326 e. The number of amides is 2. The van der Waals surface area contributed by atoms with Crippen molar-refractivity contribution in [2.24, 2.45) is 0 Å². The van der Waals surface area contributed by atoms with Crippen molar-refractivity contribution in [1.82, 2.24) is 0 Å². The maximum Gasteiger partial charge on any atom is 0.326 e. The van der Waals surface area contributed by atoms with Crippen LogP contribution in [0.5, 0.6) is 17.2 Å². The van der Waals surface area contributed by atoms with E-state index in [-0.39, 0.29) is 17.2 Å². The van der Waals surface area contributed by atoms with Gasteiger partial charge in [-0.15, -0.1) is 0 Å². The Morgan fingerprint density at radius 1 is 0.795 bits per heavy atom. The van der Waals surface area contributed by atoms with E-state index in [0.29, 0.717) is 18.0 Å². The van der Waals surface area contributed by atoms with Crippen LogP contribution in [0.15, 0.2) is 42.5 Å². The Labute approximate surface area is 234 Å². The third-order valence-corrected chi connectivity index (χ3v) is 6.75. The summed E-state index contributed by atoms with van der Waals surface area (Å²) in [4.78, 5) is 25.7. The molecule has 0 fully saturated rings. The van der Waals surface area contributed by atoms with E-state index in [2.05, 4.69) is 12.2 Å². The predicted molar refractivity (Wildman–Crippen MR) is 159 cm³/mol. The van der Waals surface area contributed by atoms with Crippen molar-refractivity contribution in [2.75, 3.05) is 23.9 Å². The summed E-state index contributed by atoms with van der Waals surface area (Å²) in [6.45, 7) is 4.13. The Morgan fingerprint density at radius 2 is 1.36 bits per heavy atom. The average molecular weight is 541 g/mol. The molecule has 2 aromatic carbocycles. The standard InChI is InChI=1S/C32H48N2O5/c1-4-5-6-7-8-9-10-11-12-13-14-15-16-19-24-38-30-21-18-17-20-28(30)33-32(37)34(3)29-25-27(36)22-23-31(29)39-26(2)35/h17-18,20-23,25,36H,4-16,19,24H2,1-3H3,(H,33,37). The van der Waals surface area contributed by atoms with Gasteiger partial charge in [-0.1, -0.05) is 103 Å². The Hall–Kier alpha value is -3.22. The first-order valence-electron chi connectivity index (χ1n) is 14.7. The predicted octanol–water partition coefficient (Wildman–Crippen LogP) is 8.85. The quantitative estimate of drug-likeness (QED) is 0.106. The number of esters is 1. The van der Waals surface area contributed by atoms with Gasteiger partial charge in [-0.25, -0.2) is 4.79 Å². The van der Waals surface area contributed by atoms with E-state index in [9.17, 15) is 14.7 Å². The fourth-order valence-electron chi connectivity index (χ4n) is 4.49. The molecule has 0 spiro atoms. The van der Waals surface area contributed by atoms with Gasteiger partial charge in [0.25, 0.3) is 0 Å². The van der Waals surface area contributed by atoms with Gasteiger partial charge in [0.1, 0.15) is 11.5 Å². The van der Waals surface area contributed by atoms with Crippen LogP contribution >= 0.6 is 0 Å². The second-order valence-electron chi connectivity index (χ2n) is 10.2. The molecule has 0 aliphatic carbocycles. The molecule has 39 heavy (non-hydrogen) atoms. The SMILES string of the molecule is CCCCCCCCCCCCCCCCOc1ccccc1NC(=O)N(C)c1cc(O)ccc1OC(C)=O. The molecule has 0 unspecified atom stereocenters. The first-order chi connectivity index (χ1) is 18.9.